The molecule has 0 heterocycles. The van der Waals surface area contributed by atoms with Crippen LogP contribution in [0.2, 0.25) is 0 Å². The Labute approximate surface area is 115 Å². The number of methoxy groups -OCH3 is 1. The standard InChI is InChI=1S/C11H18N2O4S2/c1-8(18(3)14)7-13-19(15,16)9-4-5-11(17-2)10(12)6-9/h4-6,8,13H,7,12H2,1-3H3. The number of nitrogen functional groups attached to an aromatic ring is 1. The van der Waals surface area contributed by atoms with E-state index in [1.165, 1.54) is 31.6 Å². The van der Waals surface area contributed by atoms with Gasteiger partial charge < -0.3 is 10.5 Å². The first-order valence-electron chi connectivity index (χ1n) is 5.53. The van der Waals surface area contributed by atoms with Crippen molar-refractivity contribution >= 4 is 26.5 Å². The Morgan fingerprint density at radius 1 is 1.47 bits per heavy atom. The molecule has 0 aliphatic rings. The smallest absolute Gasteiger partial charge is 0.240 e. The number of nitrogens with two attached hydrogens (primary N) is 1. The van der Waals surface area contributed by atoms with Crippen molar-refractivity contribution in [3.63, 3.8) is 0 Å². The average molecular weight is 306 g/mol. The van der Waals surface area contributed by atoms with Gasteiger partial charge in [-0.1, -0.05) is 0 Å². The number of rotatable bonds is 6. The first kappa shape index (κ1) is 15.9. The quantitative estimate of drug-likeness (QED) is 0.738. The summed E-state index contributed by atoms with van der Waals surface area (Å²) in [5.41, 5.74) is 5.91. The number of hydrogen-bond acceptors (Lipinski definition) is 5. The Kier molecular flexibility index (Phi) is 5.33. The van der Waals surface area contributed by atoms with Gasteiger partial charge in [-0.25, -0.2) is 13.1 Å². The van der Waals surface area contributed by atoms with Crippen LogP contribution in [-0.2, 0) is 20.8 Å². The normalized spacial score (nSPS) is 14.9. The number of ether oxygens (including phenoxy) is 1. The van der Waals surface area contributed by atoms with E-state index in [2.05, 4.69) is 4.72 Å². The van der Waals surface area contributed by atoms with Crippen LogP contribution in [0.25, 0.3) is 0 Å². The number of hydrogen-bond donors (Lipinski definition) is 2. The highest BCUT2D eigenvalue weighted by molar-refractivity contribution is 7.89. The summed E-state index contributed by atoms with van der Waals surface area (Å²) in [6, 6.07) is 4.23. The maximum Gasteiger partial charge on any atom is 0.240 e. The highest BCUT2D eigenvalue weighted by atomic mass is 32.2. The second kappa shape index (κ2) is 6.36. The summed E-state index contributed by atoms with van der Waals surface area (Å²) < 4.78 is 42.5. The zero-order valence-electron chi connectivity index (χ0n) is 11.0. The minimum atomic E-state index is -3.66. The van der Waals surface area contributed by atoms with Crippen molar-refractivity contribution in [3.8, 4) is 5.75 Å². The van der Waals surface area contributed by atoms with E-state index >= 15 is 0 Å². The van der Waals surface area contributed by atoms with Gasteiger partial charge in [0, 0.05) is 28.9 Å². The summed E-state index contributed by atoms with van der Waals surface area (Å²) in [5.74, 6) is 0.418. The zero-order valence-corrected chi connectivity index (χ0v) is 12.7. The zero-order chi connectivity index (χ0) is 14.6. The summed E-state index contributed by atoms with van der Waals surface area (Å²) in [5, 5.41) is -0.259. The largest absolute Gasteiger partial charge is 0.495 e. The lowest BCUT2D eigenvalue weighted by Gasteiger charge is -2.12. The molecule has 108 valence electrons. The van der Waals surface area contributed by atoms with Gasteiger partial charge in [0.05, 0.1) is 17.7 Å². The van der Waals surface area contributed by atoms with Crippen LogP contribution < -0.4 is 15.2 Å². The van der Waals surface area contributed by atoms with E-state index in [9.17, 15) is 12.6 Å². The number of anilines is 1. The predicted molar refractivity (Wildman–Crippen MR) is 76.1 cm³/mol. The number of benzene rings is 1. The van der Waals surface area contributed by atoms with Crippen molar-refractivity contribution in [2.24, 2.45) is 0 Å². The molecular weight excluding hydrogens is 288 g/mol. The molecule has 1 aromatic carbocycles. The maximum absolute atomic E-state index is 12.0. The molecule has 0 spiro atoms. The van der Waals surface area contributed by atoms with Crippen LogP contribution in [0.1, 0.15) is 6.92 Å². The van der Waals surface area contributed by atoms with Crippen LogP contribution in [0.3, 0.4) is 0 Å². The molecular formula is C11H18N2O4S2. The second-order valence-corrected chi connectivity index (χ2v) is 7.63. The van der Waals surface area contributed by atoms with Gasteiger partial charge >= 0.3 is 0 Å². The van der Waals surface area contributed by atoms with Crippen LogP contribution in [0.4, 0.5) is 5.69 Å². The lowest BCUT2D eigenvalue weighted by molar-refractivity contribution is 0.416. The van der Waals surface area contributed by atoms with E-state index in [4.69, 9.17) is 10.5 Å². The first-order chi connectivity index (χ1) is 8.77. The highest BCUT2D eigenvalue weighted by Crippen LogP contribution is 2.24. The Bertz CT molecular complexity index is 572. The molecule has 0 amide bonds. The van der Waals surface area contributed by atoms with Crippen LogP contribution in [0.5, 0.6) is 5.75 Å². The molecule has 0 aromatic heterocycles. The first-order valence-corrected chi connectivity index (χ1v) is 8.63. The van der Waals surface area contributed by atoms with Crippen LogP contribution in [-0.4, -0.2) is 37.8 Å². The molecule has 1 aromatic rings. The molecule has 1 rings (SSSR count). The third-order valence-corrected chi connectivity index (χ3v) is 5.36. The SMILES string of the molecule is COc1ccc(S(=O)(=O)NCC(C)S(C)=O)cc1N. The Balaban J connectivity index is 2.89. The van der Waals surface area contributed by atoms with Crippen molar-refractivity contribution in [1.29, 1.82) is 0 Å². The predicted octanol–water partition coefficient (Wildman–Crippen LogP) is 0.323. The van der Waals surface area contributed by atoms with Crippen LogP contribution in [0.15, 0.2) is 23.1 Å². The molecule has 6 nitrogen and oxygen atoms in total. The molecule has 0 aliphatic heterocycles. The van der Waals surface area contributed by atoms with Crippen LogP contribution in [0, 0.1) is 0 Å². The van der Waals surface area contributed by atoms with Crippen LogP contribution >= 0.6 is 0 Å². The summed E-state index contributed by atoms with van der Waals surface area (Å²) in [6.07, 6.45) is 1.53. The van der Waals surface area contributed by atoms with Gasteiger partial charge in [-0.15, -0.1) is 0 Å². The van der Waals surface area contributed by atoms with Gasteiger partial charge in [-0.3, -0.25) is 4.21 Å². The molecule has 3 N–H and O–H groups in total. The van der Waals surface area contributed by atoms with Gasteiger partial charge in [0.25, 0.3) is 0 Å². The van der Waals surface area contributed by atoms with Gasteiger partial charge in [0.15, 0.2) is 0 Å². The summed E-state index contributed by atoms with van der Waals surface area (Å²) in [4.78, 5) is 0.0554. The van der Waals surface area contributed by atoms with E-state index < -0.39 is 20.8 Å². The molecule has 0 aliphatic carbocycles. The van der Waals surface area contributed by atoms with E-state index in [-0.39, 0.29) is 22.4 Å². The minimum Gasteiger partial charge on any atom is -0.495 e. The molecule has 0 radical (unpaired) electrons. The molecule has 2 unspecified atom stereocenters. The molecule has 19 heavy (non-hydrogen) atoms. The molecule has 0 saturated carbocycles. The molecule has 0 fully saturated rings. The fourth-order valence-corrected chi connectivity index (χ4v) is 2.90. The number of sulfonamides is 1. The lowest BCUT2D eigenvalue weighted by Crippen LogP contribution is -2.32. The van der Waals surface area contributed by atoms with Gasteiger partial charge in [-0.2, -0.15) is 0 Å². The minimum absolute atomic E-state index is 0.0554. The molecule has 8 heteroatoms. The van der Waals surface area contributed by atoms with E-state index in [1.807, 2.05) is 0 Å². The third-order valence-electron chi connectivity index (χ3n) is 2.64. The summed E-state index contributed by atoms with van der Waals surface area (Å²) in [7, 11) is -3.28. The van der Waals surface area contributed by atoms with Crippen molar-refractivity contribution in [2.75, 3.05) is 25.6 Å². The van der Waals surface area contributed by atoms with Crippen molar-refractivity contribution < 1.29 is 17.4 Å². The van der Waals surface area contributed by atoms with E-state index in [1.54, 1.807) is 6.92 Å². The fraction of sp³-hybridized carbons (Fsp3) is 0.455. The lowest BCUT2D eigenvalue weighted by atomic mass is 10.3. The number of nitrogens with one attached hydrogen (secondary N) is 1. The molecule has 0 saturated heterocycles. The Morgan fingerprint density at radius 3 is 2.58 bits per heavy atom. The van der Waals surface area contributed by atoms with Crippen molar-refractivity contribution in [2.45, 2.75) is 17.1 Å². The van der Waals surface area contributed by atoms with Crippen molar-refractivity contribution in [3.05, 3.63) is 18.2 Å². The van der Waals surface area contributed by atoms with Gasteiger partial charge in [0.2, 0.25) is 10.0 Å². The van der Waals surface area contributed by atoms with E-state index in [0.29, 0.717) is 5.75 Å². The van der Waals surface area contributed by atoms with Gasteiger partial charge in [-0.05, 0) is 25.1 Å². The topological polar surface area (TPSA) is 98.5 Å². The Hall–Kier alpha value is -1.12. The fourth-order valence-electron chi connectivity index (χ4n) is 1.31. The summed E-state index contributed by atoms with van der Waals surface area (Å²) >= 11 is 0. The monoisotopic (exact) mass is 306 g/mol. The molecule has 2 atom stereocenters. The summed E-state index contributed by atoms with van der Waals surface area (Å²) in [6.45, 7) is 1.82. The van der Waals surface area contributed by atoms with E-state index in [0.717, 1.165) is 0 Å². The second-order valence-electron chi connectivity index (χ2n) is 4.06. The third kappa shape index (κ3) is 4.19. The Morgan fingerprint density at radius 2 is 2.11 bits per heavy atom. The molecule has 0 bridgehead atoms. The maximum atomic E-state index is 12.0. The average Bonchev–Trinajstić information content (AvgIpc) is 2.35. The van der Waals surface area contributed by atoms with Gasteiger partial charge in [0.1, 0.15) is 5.75 Å². The highest BCUT2D eigenvalue weighted by Gasteiger charge is 2.17. The van der Waals surface area contributed by atoms with Crippen molar-refractivity contribution in [1.82, 2.24) is 4.72 Å².